The molecule has 1 atom stereocenters. The third kappa shape index (κ3) is 2.57. The summed E-state index contributed by atoms with van der Waals surface area (Å²) in [5.74, 6) is 0.764. The van der Waals surface area contributed by atoms with Gasteiger partial charge in [0.1, 0.15) is 0 Å². The summed E-state index contributed by atoms with van der Waals surface area (Å²) >= 11 is 0. The van der Waals surface area contributed by atoms with E-state index in [0.29, 0.717) is 0 Å². The van der Waals surface area contributed by atoms with Crippen LogP contribution in [-0.4, -0.2) is 24.7 Å². The van der Waals surface area contributed by atoms with Crippen molar-refractivity contribution >= 4 is 10.9 Å². The number of H-pyrrole nitrogens is 1. The number of hydrogen-bond acceptors (Lipinski definition) is 2. The molecule has 0 radical (unpaired) electrons. The molecule has 0 spiro atoms. The van der Waals surface area contributed by atoms with Crippen LogP contribution in [0.2, 0.25) is 0 Å². The number of fused-ring (bicyclic) bond motifs is 1. The highest BCUT2D eigenvalue weighted by Gasteiger charge is 2.14. The maximum atomic E-state index is 5.38. The predicted octanol–water partition coefficient (Wildman–Crippen LogP) is 2.68. The summed E-state index contributed by atoms with van der Waals surface area (Å²) in [6.07, 6.45) is 4.56. The zero-order chi connectivity index (χ0) is 12.2. The van der Waals surface area contributed by atoms with Crippen molar-refractivity contribution in [3.8, 4) is 0 Å². The monoisotopic (exact) mass is 244 g/mol. The summed E-state index contributed by atoms with van der Waals surface area (Å²) in [7, 11) is 0. The zero-order valence-corrected chi connectivity index (χ0v) is 10.6. The molecule has 1 aliphatic heterocycles. The molecule has 1 fully saturated rings. The van der Waals surface area contributed by atoms with E-state index in [1.165, 1.54) is 29.3 Å². The molecule has 2 aromatic rings. The maximum Gasteiger partial charge on any atom is 0.0495 e. The van der Waals surface area contributed by atoms with Gasteiger partial charge in [0.2, 0.25) is 0 Å². The molecule has 3 rings (SSSR count). The van der Waals surface area contributed by atoms with Gasteiger partial charge in [0.15, 0.2) is 0 Å². The first-order chi connectivity index (χ1) is 8.93. The van der Waals surface area contributed by atoms with Gasteiger partial charge in [0, 0.05) is 36.9 Å². The van der Waals surface area contributed by atoms with Crippen molar-refractivity contribution in [2.75, 3.05) is 19.8 Å². The normalized spacial score (nSPS) is 19.7. The Morgan fingerprint density at radius 3 is 3.17 bits per heavy atom. The van der Waals surface area contributed by atoms with Crippen molar-refractivity contribution in [1.82, 2.24) is 10.3 Å². The molecule has 3 heteroatoms. The Kier molecular flexibility index (Phi) is 3.62. The van der Waals surface area contributed by atoms with Gasteiger partial charge in [0.25, 0.3) is 0 Å². The molecule has 0 aliphatic carbocycles. The number of nitrogens with one attached hydrogen (secondary N) is 2. The fourth-order valence-corrected chi connectivity index (χ4v) is 2.62. The van der Waals surface area contributed by atoms with Crippen LogP contribution in [0.25, 0.3) is 10.9 Å². The summed E-state index contributed by atoms with van der Waals surface area (Å²) in [6.45, 7) is 3.92. The first-order valence-electron chi connectivity index (χ1n) is 6.77. The highest BCUT2D eigenvalue weighted by molar-refractivity contribution is 5.82. The molecule has 2 heterocycles. The molecule has 18 heavy (non-hydrogen) atoms. The van der Waals surface area contributed by atoms with Gasteiger partial charge in [-0.2, -0.15) is 0 Å². The van der Waals surface area contributed by atoms with Crippen molar-refractivity contribution < 1.29 is 4.74 Å². The molecular formula is C15H20N2O. The maximum absolute atomic E-state index is 5.38. The van der Waals surface area contributed by atoms with Crippen LogP contribution in [-0.2, 0) is 11.3 Å². The number of hydrogen-bond donors (Lipinski definition) is 2. The van der Waals surface area contributed by atoms with E-state index in [2.05, 4.69) is 40.8 Å². The molecule has 1 aliphatic rings. The van der Waals surface area contributed by atoms with Gasteiger partial charge >= 0.3 is 0 Å². The van der Waals surface area contributed by atoms with Gasteiger partial charge in [0.05, 0.1) is 0 Å². The Hall–Kier alpha value is -1.32. The molecule has 1 saturated heterocycles. The van der Waals surface area contributed by atoms with E-state index in [4.69, 9.17) is 4.74 Å². The van der Waals surface area contributed by atoms with Gasteiger partial charge < -0.3 is 15.0 Å². The molecule has 96 valence electrons. The third-order valence-electron chi connectivity index (χ3n) is 3.74. The van der Waals surface area contributed by atoms with Crippen LogP contribution in [0.4, 0.5) is 0 Å². The van der Waals surface area contributed by atoms with E-state index >= 15 is 0 Å². The summed E-state index contributed by atoms with van der Waals surface area (Å²) in [4.78, 5) is 3.31. The van der Waals surface area contributed by atoms with Crippen LogP contribution in [0.15, 0.2) is 30.5 Å². The third-order valence-corrected chi connectivity index (χ3v) is 3.74. The summed E-state index contributed by atoms with van der Waals surface area (Å²) < 4.78 is 5.38. The molecule has 1 aromatic heterocycles. The summed E-state index contributed by atoms with van der Waals surface area (Å²) in [6, 6.07) is 8.45. The molecule has 1 unspecified atom stereocenters. The van der Waals surface area contributed by atoms with Crippen LogP contribution in [0.3, 0.4) is 0 Å². The average Bonchev–Trinajstić information content (AvgIpc) is 3.04. The van der Waals surface area contributed by atoms with Crippen LogP contribution >= 0.6 is 0 Å². The van der Waals surface area contributed by atoms with Crippen LogP contribution < -0.4 is 5.32 Å². The van der Waals surface area contributed by atoms with Crippen molar-refractivity contribution in [2.24, 2.45) is 5.92 Å². The van der Waals surface area contributed by atoms with Crippen LogP contribution in [0.5, 0.6) is 0 Å². The van der Waals surface area contributed by atoms with E-state index in [1.54, 1.807) is 0 Å². The molecule has 0 saturated carbocycles. The number of rotatable bonds is 5. The lowest BCUT2D eigenvalue weighted by molar-refractivity contribution is 0.184. The standard InChI is InChI=1S/C15H20N2O/c1-2-4-15-14(3-1)13(10-17-15)9-16-7-5-12-6-8-18-11-12/h1-4,10,12,16-17H,5-9,11H2. The first kappa shape index (κ1) is 11.8. The van der Waals surface area contributed by atoms with Gasteiger partial charge in [-0.25, -0.2) is 0 Å². The second-order valence-corrected chi connectivity index (χ2v) is 5.05. The topological polar surface area (TPSA) is 37.0 Å². The Morgan fingerprint density at radius 2 is 2.28 bits per heavy atom. The lowest BCUT2D eigenvalue weighted by atomic mass is 10.1. The quantitative estimate of drug-likeness (QED) is 0.793. The van der Waals surface area contributed by atoms with Crippen molar-refractivity contribution in [2.45, 2.75) is 19.4 Å². The summed E-state index contributed by atoms with van der Waals surface area (Å²) in [5, 5.41) is 4.86. The predicted molar refractivity (Wildman–Crippen MR) is 73.5 cm³/mol. The van der Waals surface area contributed by atoms with Gasteiger partial charge in [-0.1, -0.05) is 18.2 Å². The van der Waals surface area contributed by atoms with E-state index in [-0.39, 0.29) is 0 Å². The Bertz CT molecular complexity index is 500. The molecule has 1 aromatic carbocycles. The lowest BCUT2D eigenvalue weighted by Crippen LogP contribution is -2.17. The minimum absolute atomic E-state index is 0.764. The summed E-state index contributed by atoms with van der Waals surface area (Å²) in [5.41, 5.74) is 2.58. The van der Waals surface area contributed by atoms with Crippen molar-refractivity contribution in [1.29, 1.82) is 0 Å². The second-order valence-electron chi connectivity index (χ2n) is 5.05. The Labute approximate surface area is 108 Å². The first-order valence-corrected chi connectivity index (χ1v) is 6.77. The van der Waals surface area contributed by atoms with E-state index in [0.717, 1.165) is 32.2 Å². The smallest absolute Gasteiger partial charge is 0.0495 e. The molecular weight excluding hydrogens is 224 g/mol. The SMILES string of the molecule is c1ccc2c(CNCCC3CCOC3)c[nH]c2c1. The van der Waals surface area contributed by atoms with E-state index < -0.39 is 0 Å². The second kappa shape index (κ2) is 5.55. The molecule has 2 N–H and O–H groups in total. The fourth-order valence-electron chi connectivity index (χ4n) is 2.62. The van der Waals surface area contributed by atoms with E-state index in [1.807, 2.05) is 0 Å². The molecule has 0 bridgehead atoms. The zero-order valence-electron chi connectivity index (χ0n) is 10.6. The van der Waals surface area contributed by atoms with Crippen LogP contribution in [0, 0.1) is 5.92 Å². The van der Waals surface area contributed by atoms with E-state index in [9.17, 15) is 0 Å². The minimum atomic E-state index is 0.764. The fraction of sp³-hybridized carbons (Fsp3) is 0.467. The van der Waals surface area contributed by atoms with Crippen LogP contribution in [0.1, 0.15) is 18.4 Å². The van der Waals surface area contributed by atoms with Gasteiger partial charge in [-0.05, 0) is 36.9 Å². The minimum Gasteiger partial charge on any atom is -0.381 e. The molecule has 0 amide bonds. The number of para-hydroxylation sites is 1. The highest BCUT2D eigenvalue weighted by Crippen LogP contribution is 2.18. The van der Waals surface area contributed by atoms with Gasteiger partial charge in [-0.3, -0.25) is 0 Å². The average molecular weight is 244 g/mol. The Morgan fingerprint density at radius 1 is 1.33 bits per heavy atom. The number of aromatic amines is 1. The van der Waals surface area contributed by atoms with Gasteiger partial charge in [-0.15, -0.1) is 0 Å². The Balaban J connectivity index is 1.50. The number of aromatic nitrogens is 1. The molecule has 3 nitrogen and oxygen atoms in total. The van der Waals surface area contributed by atoms with Crippen molar-refractivity contribution in [3.63, 3.8) is 0 Å². The lowest BCUT2D eigenvalue weighted by Gasteiger charge is -2.08. The number of benzene rings is 1. The van der Waals surface area contributed by atoms with Crippen molar-refractivity contribution in [3.05, 3.63) is 36.0 Å². The highest BCUT2D eigenvalue weighted by atomic mass is 16.5. The largest absolute Gasteiger partial charge is 0.381 e. The number of ether oxygens (including phenoxy) is 1.